The van der Waals surface area contributed by atoms with Crippen LogP contribution in [0.2, 0.25) is 5.02 Å². The standard InChI is InChI=1S/C11H11ClN2O2S/c12-7-1-2-9-8(5-7)13-11(15)10-6-17(16)4-3-14(9)10/h1-2,5,10H,3-4,6H2,(H,13,15). The van der Waals surface area contributed by atoms with Crippen molar-refractivity contribution >= 4 is 39.7 Å². The van der Waals surface area contributed by atoms with Gasteiger partial charge in [-0.25, -0.2) is 0 Å². The molecule has 1 aromatic rings. The van der Waals surface area contributed by atoms with Gasteiger partial charge in [-0.15, -0.1) is 0 Å². The second kappa shape index (κ2) is 3.99. The number of hydrogen-bond donors (Lipinski definition) is 1. The zero-order valence-electron chi connectivity index (χ0n) is 8.98. The Labute approximate surface area is 106 Å². The molecular formula is C11H11ClN2O2S. The van der Waals surface area contributed by atoms with Crippen LogP contribution in [0.5, 0.6) is 0 Å². The van der Waals surface area contributed by atoms with E-state index in [1.54, 1.807) is 12.1 Å². The molecule has 0 aromatic heterocycles. The van der Waals surface area contributed by atoms with Gasteiger partial charge in [-0.1, -0.05) is 11.6 Å². The first-order valence-electron chi connectivity index (χ1n) is 5.37. The fraction of sp³-hybridized carbons (Fsp3) is 0.364. The van der Waals surface area contributed by atoms with Gasteiger partial charge < -0.3 is 10.2 Å². The molecule has 3 rings (SSSR count). The maximum atomic E-state index is 11.9. The first-order valence-corrected chi connectivity index (χ1v) is 7.24. The molecule has 2 aliphatic rings. The summed E-state index contributed by atoms with van der Waals surface area (Å²) in [6.45, 7) is 0.652. The van der Waals surface area contributed by atoms with Crippen molar-refractivity contribution in [2.75, 3.05) is 28.3 Å². The molecular weight excluding hydrogens is 260 g/mol. The molecule has 1 fully saturated rings. The van der Waals surface area contributed by atoms with Crippen LogP contribution in [-0.4, -0.2) is 34.2 Å². The van der Waals surface area contributed by atoms with Gasteiger partial charge >= 0.3 is 0 Å². The summed E-state index contributed by atoms with van der Waals surface area (Å²) in [5.41, 5.74) is 1.71. The summed E-state index contributed by atoms with van der Waals surface area (Å²) in [6, 6.07) is 5.15. The fourth-order valence-electron chi connectivity index (χ4n) is 2.29. The molecule has 2 unspecified atom stereocenters. The van der Waals surface area contributed by atoms with E-state index in [1.807, 2.05) is 11.0 Å². The molecule has 1 aromatic carbocycles. The minimum Gasteiger partial charge on any atom is -0.356 e. The molecule has 1 N–H and O–H groups in total. The van der Waals surface area contributed by atoms with Crippen molar-refractivity contribution < 1.29 is 9.00 Å². The summed E-state index contributed by atoms with van der Waals surface area (Å²) < 4.78 is 11.5. The van der Waals surface area contributed by atoms with Gasteiger partial charge in [0.25, 0.3) is 0 Å². The third-order valence-electron chi connectivity index (χ3n) is 3.11. The number of nitrogens with one attached hydrogen (secondary N) is 1. The highest BCUT2D eigenvalue weighted by atomic mass is 35.5. The third-order valence-corrected chi connectivity index (χ3v) is 4.67. The van der Waals surface area contributed by atoms with Crippen molar-refractivity contribution in [2.45, 2.75) is 6.04 Å². The van der Waals surface area contributed by atoms with Crippen molar-refractivity contribution in [3.8, 4) is 0 Å². The van der Waals surface area contributed by atoms with Gasteiger partial charge in [0, 0.05) is 28.1 Å². The third kappa shape index (κ3) is 1.83. The first kappa shape index (κ1) is 11.0. The van der Waals surface area contributed by atoms with E-state index in [4.69, 9.17) is 11.6 Å². The Morgan fingerprint density at radius 2 is 2.29 bits per heavy atom. The molecule has 0 saturated carbocycles. The Kier molecular flexibility index (Phi) is 2.60. The first-order chi connectivity index (χ1) is 8.15. The quantitative estimate of drug-likeness (QED) is 0.771. The van der Waals surface area contributed by atoms with Gasteiger partial charge in [0.05, 0.1) is 17.1 Å². The minimum atomic E-state index is -0.889. The molecule has 0 radical (unpaired) electrons. The van der Waals surface area contributed by atoms with E-state index in [0.717, 1.165) is 11.4 Å². The summed E-state index contributed by atoms with van der Waals surface area (Å²) in [6.07, 6.45) is 0. The van der Waals surface area contributed by atoms with Gasteiger partial charge in [-0.3, -0.25) is 9.00 Å². The van der Waals surface area contributed by atoms with E-state index < -0.39 is 10.8 Å². The fourth-order valence-corrected chi connectivity index (χ4v) is 3.71. The normalized spacial score (nSPS) is 27.1. The van der Waals surface area contributed by atoms with E-state index in [2.05, 4.69) is 5.32 Å². The molecule has 2 atom stereocenters. The van der Waals surface area contributed by atoms with E-state index in [1.165, 1.54) is 0 Å². The zero-order chi connectivity index (χ0) is 12.0. The summed E-state index contributed by atoms with van der Waals surface area (Å²) >= 11 is 5.90. The number of halogens is 1. The summed E-state index contributed by atoms with van der Waals surface area (Å²) in [4.78, 5) is 13.9. The summed E-state index contributed by atoms with van der Waals surface area (Å²) in [5.74, 6) is 0.938. The van der Waals surface area contributed by atoms with Crippen molar-refractivity contribution in [2.24, 2.45) is 0 Å². The lowest BCUT2D eigenvalue weighted by Gasteiger charge is -2.40. The summed E-state index contributed by atoms with van der Waals surface area (Å²) in [7, 11) is -0.889. The lowest BCUT2D eigenvalue weighted by atomic mass is 10.1. The molecule has 0 aliphatic carbocycles. The monoisotopic (exact) mass is 270 g/mol. The molecule has 6 heteroatoms. The Bertz CT molecular complexity index is 520. The van der Waals surface area contributed by atoms with E-state index in [9.17, 15) is 9.00 Å². The number of carbonyl (C=O) groups is 1. The minimum absolute atomic E-state index is 0.0900. The van der Waals surface area contributed by atoms with Gasteiger partial charge in [0.1, 0.15) is 6.04 Å². The van der Waals surface area contributed by atoms with Crippen molar-refractivity contribution in [1.82, 2.24) is 0 Å². The Balaban J connectivity index is 2.05. The van der Waals surface area contributed by atoms with E-state index in [0.29, 0.717) is 23.1 Å². The van der Waals surface area contributed by atoms with E-state index >= 15 is 0 Å². The number of carbonyl (C=O) groups excluding carboxylic acids is 1. The largest absolute Gasteiger partial charge is 0.356 e. The van der Waals surface area contributed by atoms with Crippen LogP contribution < -0.4 is 10.2 Å². The molecule has 0 spiro atoms. The maximum Gasteiger partial charge on any atom is 0.248 e. The van der Waals surface area contributed by atoms with Crippen LogP contribution in [-0.2, 0) is 15.6 Å². The molecule has 0 bridgehead atoms. The van der Waals surface area contributed by atoms with Crippen LogP contribution in [0.1, 0.15) is 0 Å². The lowest BCUT2D eigenvalue weighted by Crippen LogP contribution is -2.55. The molecule has 2 heterocycles. The van der Waals surface area contributed by atoms with Crippen LogP contribution >= 0.6 is 11.6 Å². The highest BCUT2D eigenvalue weighted by Crippen LogP contribution is 2.35. The second-order valence-electron chi connectivity index (χ2n) is 4.17. The number of fused-ring (bicyclic) bond motifs is 3. The summed E-state index contributed by atoms with van der Waals surface area (Å²) in [5, 5.41) is 3.42. The topological polar surface area (TPSA) is 49.4 Å². The number of benzene rings is 1. The second-order valence-corrected chi connectivity index (χ2v) is 6.23. The van der Waals surface area contributed by atoms with Crippen LogP contribution in [0.25, 0.3) is 0 Å². The average Bonchev–Trinajstić information content (AvgIpc) is 2.29. The van der Waals surface area contributed by atoms with Crippen LogP contribution in [0.3, 0.4) is 0 Å². The smallest absolute Gasteiger partial charge is 0.248 e. The van der Waals surface area contributed by atoms with Crippen molar-refractivity contribution in [1.29, 1.82) is 0 Å². The lowest BCUT2D eigenvalue weighted by molar-refractivity contribution is -0.117. The molecule has 1 saturated heterocycles. The van der Waals surface area contributed by atoms with E-state index in [-0.39, 0.29) is 11.9 Å². The SMILES string of the molecule is O=C1Nc2cc(Cl)ccc2N2CCS(=O)CC12. The highest BCUT2D eigenvalue weighted by molar-refractivity contribution is 7.85. The maximum absolute atomic E-state index is 11.9. The van der Waals surface area contributed by atoms with Crippen molar-refractivity contribution in [3.63, 3.8) is 0 Å². The molecule has 2 aliphatic heterocycles. The average molecular weight is 271 g/mol. The number of nitrogens with zero attached hydrogens (tertiary/aromatic N) is 1. The number of rotatable bonds is 0. The number of amides is 1. The van der Waals surface area contributed by atoms with Crippen LogP contribution in [0.15, 0.2) is 18.2 Å². The van der Waals surface area contributed by atoms with Crippen LogP contribution in [0.4, 0.5) is 11.4 Å². The molecule has 4 nitrogen and oxygen atoms in total. The predicted octanol–water partition coefficient (Wildman–Crippen LogP) is 1.23. The van der Waals surface area contributed by atoms with Gasteiger partial charge in [0.2, 0.25) is 5.91 Å². The Morgan fingerprint density at radius 1 is 1.47 bits per heavy atom. The van der Waals surface area contributed by atoms with Gasteiger partial charge in [0.15, 0.2) is 0 Å². The van der Waals surface area contributed by atoms with Crippen molar-refractivity contribution in [3.05, 3.63) is 23.2 Å². The van der Waals surface area contributed by atoms with Gasteiger partial charge in [-0.2, -0.15) is 0 Å². The van der Waals surface area contributed by atoms with Gasteiger partial charge in [-0.05, 0) is 18.2 Å². The number of anilines is 2. The molecule has 90 valence electrons. The highest BCUT2D eigenvalue weighted by Gasteiger charge is 2.36. The Hall–Kier alpha value is -1.07. The zero-order valence-corrected chi connectivity index (χ0v) is 10.6. The van der Waals surface area contributed by atoms with Crippen LogP contribution in [0, 0.1) is 0 Å². The predicted molar refractivity (Wildman–Crippen MR) is 69.1 cm³/mol. The Morgan fingerprint density at radius 3 is 3.12 bits per heavy atom. The number of hydrogen-bond acceptors (Lipinski definition) is 3. The molecule has 17 heavy (non-hydrogen) atoms. The molecule has 1 amide bonds.